The zero-order chi connectivity index (χ0) is 13.8. The molecule has 0 bridgehead atoms. The fraction of sp³-hybridized carbons (Fsp3) is 0.0714. The van der Waals surface area contributed by atoms with Gasteiger partial charge < -0.3 is 5.11 Å². The first kappa shape index (κ1) is 14.6. The van der Waals surface area contributed by atoms with Gasteiger partial charge in [-0.3, -0.25) is 4.99 Å². The zero-order valence-electron chi connectivity index (χ0n) is 9.78. The minimum Gasteiger partial charge on any atom is -0.506 e. The molecule has 0 saturated carbocycles. The van der Waals surface area contributed by atoms with Crippen molar-refractivity contribution in [2.75, 3.05) is 0 Å². The number of benzene rings is 2. The van der Waals surface area contributed by atoms with E-state index in [0.717, 1.165) is 10.0 Å². The second-order valence-corrected chi connectivity index (χ2v) is 6.06. The number of phenols is 1. The van der Waals surface area contributed by atoms with Crippen LogP contribution in [0.1, 0.15) is 11.1 Å². The van der Waals surface area contributed by atoms with Crippen LogP contribution < -0.4 is 0 Å². The first-order valence-corrected chi connectivity index (χ1v) is 7.45. The van der Waals surface area contributed by atoms with Crippen molar-refractivity contribution in [3.8, 4) is 5.75 Å². The average molecular weight is 404 g/mol. The van der Waals surface area contributed by atoms with E-state index in [1.54, 1.807) is 18.3 Å². The van der Waals surface area contributed by atoms with E-state index in [-0.39, 0.29) is 5.75 Å². The lowest BCUT2D eigenvalue weighted by Gasteiger charge is -2.03. The van der Waals surface area contributed by atoms with E-state index in [9.17, 15) is 5.11 Å². The Labute approximate surface area is 133 Å². The Morgan fingerprint density at radius 1 is 1.21 bits per heavy atom. The van der Waals surface area contributed by atoms with Gasteiger partial charge in [-0.2, -0.15) is 0 Å². The van der Waals surface area contributed by atoms with Crippen LogP contribution in [-0.2, 0) is 6.54 Å². The molecule has 5 heteroatoms. The van der Waals surface area contributed by atoms with Crippen LogP contribution in [0.4, 0.5) is 0 Å². The van der Waals surface area contributed by atoms with Crippen LogP contribution in [0.2, 0.25) is 5.02 Å². The van der Waals surface area contributed by atoms with Gasteiger partial charge in [-0.1, -0.05) is 45.7 Å². The standard InChI is InChI=1S/C14H10Br2ClNO/c15-11-5-10(14(19)12(16)6-11)8-18-7-9-3-1-2-4-13(9)17/h1-6,8,19H,7H2. The molecule has 0 spiro atoms. The lowest BCUT2D eigenvalue weighted by molar-refractivity contribution is 0.471. The van der Waals surface area contributed by atoms with Gasteiger partial charge in [0.05, 0.1) is 11.0 Å². The largest absolute Gasteiger partial charge is 0.506 e. The van der Waals surface area contributed by atoms with E-state index >= 15 is 0 Å². The summed E-state index contributed by atoms with van der Waals surface area (Å²) in [6.07, 6.45) is 1.63. The van der Waals surface area contributed by atoms with Gasteiger partial charge in [0.1, 0.15) is 5.75 Å². The Morgan fingerprint density at radius 2 is 1.95 bits per heavy atom. The normalized spacial score (nSPS) is 11.1. The number of rotatable bonds is 3. The minimum atomic E-state index is 0.172. The topological polar surface area (TPSA) is 32.6 Å². The lowest BCUT2D eigenvalue weighted by atomic mass is 10.2. The first-order chi connectivity index (χ1) is 9.08. The summed E-state index contributed by atoms with van der Waals surface area (Å²) < 4.78 is 1.50. The highest BCUT2D eigenvalue weighted by Crippen LogP contribution is 2.30. The molecule has 0 saturated heterocycles. The fourth-order valence-corrected chi connectivity index (χ4v) is 3.01. The van der Waals surface area contributed by atoms with Gasteiger partial charge in [-0.15, -0.1) is 0 Å². The molecule has 0 aromatic heterocycles. The van der Waals surface area contributed by atoms with Crippen LogP contribution in [-0.4, -0.2) is 11.3 Å². The Kier molecular flexibility index (Phi) is 5.02. The van der Waals surface area contributed by atoms with Gasteiger partial charge >= 0.3 is 0 Å². The summed E-state index contributed by atoms with van der Waals surface area (Å²) in [4.78, 5) is 4.30. The van der Waals surface area contributed by atoms with Crippen molar-refractivity contribution in [1.29, 1.82) is 0 Å². The Hall–Kier alpha value is -0.840. The maximum Gasteiger partial charge on any atom is 0.138 e. The molecule has 0 aliphatic heterocycles. The second-order valence-electron chi connectivity index (χ2n) is 3.89. The molecule has 0 amide bonds. The summed E-state index contributed by atoms with van der Waals surface area (Å²) in [7, 11) is 0. The average Bonchev–Trinajstić information content (AvgIpc) is 2.37. The molecule has 0 radical (unpaired) electrons. The maximum absolute atomic E-state index is 9.89. The van der Waals surface area contributed by atoms with Gasteiger partial charge in [0.25, 0.3) is 0 Å². The number of halogens is 3. The predicted octanol–water partition coefficient (Wildman–Crippen LogP) is 5.19. The van der Waals surface area contributed by atoms with Crippen molar-refractivity contribution in [3.63, 3.8) is 0 Å². The van der Waals surface area contributed by atoms with E-state index in [2.05, 4.69) is 36.9 Å². The Balaban J connectivity index is 2.18. The van der Waals surface area contributed by atoms with Gasteiger partial charge in [0.2, 0.25) is 0 Å². The molecule has 0 aliphatic rings. The molecule has 0 unspecified atom stereocenters. The molecule has 0 aliphatic carbocycles. The summed E-state index contributed by atoms with van der Waals surface area (Å²) in [6, 6.07) is 11.1. The molecule has 1 N–H and O–H groups in total. The van der Waals surface area contributed by atoms with Gasteiger partial charge in [0.15, 0.2) is 0 Å². The maximum atomic E-state index is 9.89. The van der Waals surface area contributed by atoms with Crippen molar-refractivity contribution >= 4 is 49.7 Å². The number of nitrogens with zero attached hydrogens (tertiary/aromatic N) is 1. The second kappa shape index (κ2) is 6.55. The van der Waals surface area contributed by atoms with Crippen molar-refractivity contribution in [2.45, 2.75) is 6.54 Å². The van der Waals surface area contributed by atoms with E-state index in [0.29, 0.717) is 21.6 Å². The van der Waals surface area contributed by atoms with Gasteiger partial charge in [0, 0.05) is 21.3 Å². The van der Waals surface area contributed by atoms with Crippen LogP contribution in [0.25, 0.3) is 0 Å². The quantitative estimate of drug-likeness (QED) is 0.703. The van der Waals surface area contributed by atoms with Crippen LogP contribution in [0, 0.1) is 0 Å². The van der Waals surface area contributed by atoms with Crippen LogP contribution in [0.3, 0.4) is 0 Å². The van der Waals surface area contributed by atoms with Crippen LogP contribution >= 0.6 is 43.5 Å². The number of phenolic OH excluding ortho intramolecular Hbond substituents is 1. The highest BCUT2D eigenvalue weighted by Gasteiger charge is 2.05. The Bertz CT molecular complexity index is 629. The molecule has 0 atom stereocenters. The fourth-order valence-electron chi connectivity index (χ4n) is 1.55. The third-order valence-corrected chi connectivity index (χ3v) is 3.94. The lowest BCUT2D eigenvalue weighted by Crippen LogP contribution is -1.87. The van der Waals surface area contributed by atoms with Crippen molar-refractivity contribution in [2.24, 2.45) is 4.99 Å². The first-order valence-electron chi connectivity index (χ1n) is 5.49. The molecule has 2 aromatic carbocycles. The van der Waals surface area contributed by atoms with E-state index in [4.69, 9.17) is 11.6 Å². The Morgan fingerprint density at radius 3 is 2.68 bits per heavy atom. The smallest absolute Gasteiger partial charge is 0.138 e. The molecular weight excluding hydrogens is 393 g/mol. The molecule has 2 aromatic rings. The predicted molar refractivity (Wildman–Crippen MR) is 86.3 cm³/mol. The molecule has 19 heavy (non-hydrogen) atoms. The SMILES string of the molecule is Oc1c(Br)cc(Br)cc1C=NCc1ccccc1Cl. The van der Waals surface area contributed by atoms with Gasteiger partial charge in [-0.25, -0.2) is 0 Å². The molecule has 0 heterocycles. The number of hydrogen-bond acceptors (Lipinski definition) is 2. The summed E-state index contributed by atoms with van der Waals surface area (Å²) in [6.45, 7) is 0.475. The van der Waals surface area contributed by atoms with Crippen LogP contribution in [0.15, 0.2) is 50.3 Å². The molecule has 0 fully saturated rings. The van der Waals surface area contributed by atoms with Gasteiger partial charge in [-0.05, 0) is 39.7 Å². The summed E-state index contributed by atoms with van der Waals surface area (Å²) in [5, 5.41) is 10.6. The van der Waals surface area contributed by atoms with Crippen molar-refractivity contribution in [3.05, 3.63) is 61.5 Å². The number of aliphatic imine (C=N–C) groups is 1. The highest BCUT2D eigenvalue weighted by atomic mass is 79.9. The minimum absolute atomic E-state index is 0.172. The third kappa shape index (κ3) is 3.81. The number of hydrogen-bond donors (Lipinski definition) is 1. The highest BCUT2D eigenvalue weighted by molar-refractivity contribution is 9.11. The van der Waals surface area contributed by atoms with Crippen molar-refractivity contribution in [1.82, 2.24) is 0 Å². The van der Waals surface area contributed by atoms with Crippen LogP contribution in [0.5, 0.6) is 5.75 Å². The van der Waals surface area contributed by atoms with E-state index in [1.165, 1.54) is 0 Å². The summed E-state index contributed by atoms with van der Waals surface area (Å²) >= 11 is 12.7. The van der Waals surface area contributed by atoms with E-state index in [1.807, 2.05) is 24.3 Å². The monoisotopic (exact) mass is 401 g/mol. The molecule has 2 nitrogen and oxygen atoms in total. The molecule has 98 valence electrons. The summed E-state index contributed by atoms with van der Waals surface area (Å²) in [5.74, 6) is 0.172. The van der Waals surface area contributed by atoms with E-state index < -0.39 is 0 Å². The molecule has 2 rings (SSSR count). The van der Waals surface area contributed by atoms with Crippen molar-refractivity contribution < 1.29 is 5.11 Å². The third-order valence-electron chi connectivity index (χ3n) is 2.51. The number of aromatic hydroxyl groups is 1. The summed E-state index contributed by atoms with van der Waals surface area (Å²) in [5.41, 5.74) is 1.60. The zero-order valence-corrected chi connectivity index (χ0v) is 13.7. The molecular formula is C14H10Br2ClNO.